The van der Waals surface area contributed by atoms with Crippen LogP contribution in [0, 0.1) is 6.92 Å². The Hall–Kier alpha value is -3.09. The number of nitrogens with zero attached hydrogens (tertiary/aromatic N) is 1. The van der Waals surface area contributed by atoms with Gasteiger partial charge in [0, 0.05) is 6.20 Å². The average Bonchev–Trinajstić information content (AvgIpc) is 2.76. The molecule has 2 aromatic carbocycles. The average molecular weight is 459 g/mol. The van der Waals surface area contributed by atoms with Crippen LogP contribution in [0.4, 0.5) is 0 Å². The van der Waals surface area contributed by atoms with Crippen molar-refractivity contribution in [3.63, 3.8) is 0 Å². The number of carbonyl (C=O) groups is 2. The largest absolute Gasteiger partial charge is 0.465 e. The maximum atomic E-state index is 13.0. The Balaban J connectivity index is 1.81. The van der Waals surface area contributed by atoms with E-state index in [1.807, 2.05) is 19.9 Å². The fraction of sp³-hybridized carbons (Fsp3) is 0.174. The monoisotopic (exact) mass is 458 g/mol. The Morgan fingerprint density at radius 2 is 1.77 bits per heavy atom. The molecule has 0 bridgehead atoms. The number of aromatic nitrogens is 1. The lowest BCUT2D eigenvalue weighted by Crippen LogP contribution is -2.27. The summed E-state index contributed by atoms with van der Waals surface area (Å²) in [6.45, 7) is 3.73. The minimum atomic E-state index is -0.426. The molecular weight excluding hydrogens is 439 g/mol. The predicted octanol–water partition coefficient (Wildman–Crippen LogP) is 5.77. The van der Waals surface area contributed by atoms with Crippen LogP contribution < -0.4 is 10.1 Å². The van der Waals surface area contributed by atoms with E-state index in [9.17, 15) is 9.59 Å². The molecule has 3 rings (SSSR count). The lowest BCUT2D eigenvalue weighted by Gasteiger charge is -2.16. The molecule has 0 fully saturated rings. The van der Waals surface area contributed by atoms with Gasteiger partial charge >= 0.3 is 5.97 Å². The van der Waals surface area contributed by atoms with Gasteiger partial charge in [-0.15, -0.1) is 0 Å². The molecule has 6 nitrogen and oxygen atoms in total. The first-order valence-corrected chi connectivity index (χ1v) is 10.1. The van der Waals surface area contributed by atoms with E-state index < -0.39 is 11.9 Å². The van der Waals surface area contributed by atoms with Gasteiger partial charge in [-0.05, 0) is 55.3 Å². The van der Waals surface area contributed by atoms with Gasteiger partial charge in [0.25, 0.3) is 5.91 Å². The predicted molar refractivity (Wildman–Crippen MR) is 119 cm³/mol. The van der Waals surface area contributed by atoms with E-state index >= 15 is 0 Å². The molecule has 3 aromatic rings. The van der Waals surface area contributed by atoms with Crippen molar-refractivity contribution in [2.45, 2.75) is 19.9 Å². The van der Waals surface area contributed by atoms with Crippen LogP contribution in [0.1, 0.15) is 44.8 Å². The van der Waals surface area contributed by atoms with Crippen molar-refractivity contribution in [1.82, 2.24) is 10.3 Å². The number of hydrogen-bond acceptors (Lipinski definition) is 5. The van der Waals surface area contributed by atoms with Crippen molar-refractivity contribution in [3.05, 3.63) is 87.0 Å². The highest BCUT2D eigenvalue weighted by molar-refractivity contribution is 6.32. The van der Waals surface area contributed by atoms with E-state index in [1.54, 1.807) is 36.4 Å². The number of hydrogen-bond donors (Lipinski definition) is 1. The number of ether oxygens (including phenoxy) is 2. The van der Waals surface area contributed by atoms with Crippen molar-refractivity contribution in [1.29, 1.82) is 0 Å². The Labute approximate surface area is 190 Å². The van der Waals surface area contributed by atoms with Crippen molar-refractivity contribution >= 4 is 35.1 Å². The molecule has 1 atom stereocenters. The highest BCUT2D eigenvalue weighted by Gasteiger charge is 2.19. The van der Waals surface area contributed by atoms with Crippen LogP contribution >= 0.6 is 23.2 Å². The van der Waals surface area contributed by atoms with Gasteiger partial charge in [0.15, 0.2) is 0 Å². The minimum Gasteiger partial charge on any atom is -0.465 e. The molecule has 0 spiro atoms. The molecule has 0 aliphatic carbocycles. The minimum absolute atomic E-state index is 0.0842. The summed E-state index contributed by atoms with van der Waals surface area (Å²) in [6.07, 6.45) is 1.39. The summed E-state index contributed by atoms with van der Waals surface area (Å²) in [5, 5.41) is 3.58. The summed E-state index contributed by atoms with van der Waals surface area (Å²) in [5.41, 5.74) is 2.38. The van der Waals surface area contributed by atoms with Crippen LogP contribution in [0.2, 0.25) is 10.0 Å². The Bertz CT molecular complexity index is 1120. The SMILES string of the molecule is COC(=O)c1ccc([C@H](C)NC(=O)c2cc(Cl)cnc2Oc2ccc(C)cc2Cl)cc1. The first-order valence-electron chi connectivity index (χ1n) is 9.37. The fourth-order valence-electron chi connectivity index (χ4n) is 2.85. The van der Waals surface area contributed by atoms with Gasteiger partial charge in [-0.25, -0.2) is 9.78 Å². The van der Waals surface area contributed by atoms with Crippen LogP contribution in [0.5, 0.6) is 11.6 Å². The van der Waals surface area contributed by atoms with Crippen LogP contribution in [0.15, 0.2) is 54.7 Å². The van der Waals surface area contributed by atoms with Crippen molar-refractivity contribution in [2.24, 2.45) is 0 Å². The zero-order chi connectivity index (χ0) is 22.5. The Morgan fingerprint density at radius 3 is 2.42 bits per heavy atom. The highest BCUT2D eigenvalue weighted by atomic mass is 35.5. The molecule has 0 unspecified atom stereocenters. The normalized spacial score (nSPS) is 11.5. The van der Waals surface area contributed by atoms with Crippen molar-refractivity contribution in [2.75, 3.05) is 7.11 Å². The summed E-state index contributed by atoms with van der Waals surface area (Å²) in [4.78, 5) is 28.7. The molecule has 0 aliphatic rings. The molecule has 0 aliphatic heterocycles. The van der Waals surface area contributed by atoms with E-state index in [1.165, 1.54) is 19.4 Å². The first-order chi connectivity index (χ1) is 14.8. The number of carbonyl (C=O) groups excluding carboxylic acids is 2. The van der Waals surface area contributed by atoms with Gasteiger partial charge in [-0.3, -0.25) is 4.79 Å². The number of esters is 1. The van der Waals surface area contributed by atoms with E-state index in [2.05, 4.69) is 10.3 Å². The molecule has 0 saturated heterocycles. The summed E-state index contributed by atoms with van der Waals surface area (Å²) in [6, 6.07) is 13.2. The third-order valence-electron chi connectivity index (χ3n) is 4.54. The molecule has 0 saturated carbocycles. The van der Waals surface area contributed by atoms with Crippen LogP contribution in [0.3, 0.4) is 0 Å². The van der Waals surface area contributed by atoms with Gasteiger partial charge < -0.3 is 14.8 Å². The molecule has 1 amide bonds. The maximum Gasteiger partial charge on any atom is 0.337 e. The third kappa shape index (κ3) is 5.54. The fourth-order valence-corrected chi connectivity index (χ4v) is 3.28. The van der Waals surface area contributed by atoms with Crippen LogP contribution in [-0.2, 0) is 4.74 Å². The summed E-state index contributed by atoms with van der Waals surface area (Å²) in [7, 11) is 1.32. The van der Waals surface area contributed by atoms with Crippen molar-refractivity contribution in [3.8, 4) is 11.6 Å². The number of amides is 1. The molecule has 160 valence electrons. The molecule has 1 N–H and O–H groups in total. The topological polar surface area (TPSA) is 77.5 Å². The molecule has 8 heteroatoms. The van der Waals surface area contributed by atoms with Gasteiger partial charge in [0.1, 0.15) is 11.3 Å². The Morgan fingerprint density at radius 1 is 1.06 bits per heavy atom. The summed E-state index contributed by atoms with van der Waals surface area (Å²) < 4.78 is 10.5. The van der Waals surface area contributed by atoms with Gasteiger partial charge in [0.05, 0.1) is 28.8 Å². The smallest absolute Gasteiger partial charge is 0.337 e. The quantitative estimate of drug-likeness (QED) is 0.474. The number of pyridine rings is 1. The number of aryl methyl sites for hydroxylation is 1. The van der Waals surface area contributed by atoms with Crippen LogP contribution in [-0.4, -0.2) is 24.0 Å². The van der Waals surface area contributed by atoms with E-state index in [0.717, 1.165) is 11.1 Å². The Kier molecular flexibility index (Phi) is 7.15. The summed E-state index contributed by atoms with van der Waals surface area (Å²) in [5.74, 6) is -0.383. The molecule has 0 radical (unpaired) electrons. The van der Waals surface area contributed by atoms with Crippen molar-refractivity contribution < 1.29 is 19.1 Å². The van der Waals surface area contributed by atoms with E-state index in [4.69, 9.17) is 32.7 Å². The number of rotatable bonds is 6. The van der Waals surface area contributed by atoms with E-state index in [-0.39, 0.29) is 17.5 Å². The second-order valence-electron chi connectivity index (χ2n) is 6.85. The molecule has 1 aromatic heterocycles. The number of nitrogens with one attached hydrogen (secondary N) is 1. The summed E-state index contributed by atoms with van der Waals surface area (Å²) >= 11 is 12.3. The zero-order valence-electron chi connectivity index (χ0n) is 17.1. The zero-order valence-corrected chi connectivity index (χ0v) is 18.6. The maximum absolute atomic E-state index is 13.0. The van der Waals surface area contributed by atoms with E-state index in [0.29, 0.717) is 21.4 Å². The first kappa shape index (κ1) is 22.6. The van der Waals surface area contributed by atoms with Crippen LogP contribution in [0.25, 0.3) is 0 Å². The molecular formula is C23H20Cl2N2O4. The second kappa shape index (κ2) is 9.81. The highest BCUT2D eigenvalue weighted by Crippen LogP contribution is 2.32. The number of halogens is 2. The van der Waals surface area contributed by atoms with Gasteiger partial charge in [-0.1, -0.05) is 41.4 Å². The number of methoxy groups -OCH3 is 1. The molecule has 1 heterocycles. The number of benzene rings is 2. The van der Waals surface area contributed by atoms with Gasteiger partial charge in [0.2, 0.25) is 5.88 Å². The second-order valence-corrected chi connectivity index (χ2v) is 7.69. The molecule has 31 heavy (non-hydrogen) atoms. The third-order valence-corrected chi connectivity index (χ3v) is 5.04. The van der Waals surface area contributed by atoms with Gasteiger partial charge in [-0.2, -0.15) is 0 Å². The lowest BCUT2D eigenvalue weighted by atomic mass is 10.1. The standard InChI is InChI=1S/C23H20Cl2N2O4/c1-13-4-9-20(19(25)10-13)31-22-18(11-17(24)12-26-22)21(28)27-14(2)15-5-7-16(8-6-15)23(29)30-3/h4-12,14H,1-3H3,(H,27,28)/t14-/m0/s1. The lowest BCUT2D eigenvalue weighted by molar-refractivity contribution is 0.0600.